The molecule has 0 fully saturated rings. The summed E-state index contributed by atoms with van der Waals surface area (Å²) in [5, 5.41) is 2.71. The van der Waals surface area contributed by atoms with E-state index in [1.54, 1.807) is 12.1 Å². The maximum atomic E-state index is 11.4. The Morgan fingerprint density at radius 1 is 1.33 bits per heavy atom. The average molecular weight is 224 g/mol. The zero-order valence-corrected chi connectivity index (χ0v) is 8.75. The minimum absolute atomic E-state index is 0.0486. The highest BCUT2D eigenvalue weighted by Crippen LogP contribution is 2.11. The Bertz CT molecular complexity index is 354. The summed E-state index contributed by atoms with van der Waals surface area (Å²) < 4.78 is 0. The number of nitrogens with one attached hydrogen (secondary N) is 2. The molecule has 0 aliphatic heterocycles. The van der Waals surface area contributed by atoms with Crippen LogP contribution in [-0.4, -0.2) is 11.0 Å². The van der Waals surface area contributed by atoms with Gasteiger partial charge in [-0.15, -0.1) is 0 Å². The lowest BCUT2D eigenvalue weighted by molar-refractivity contribution is -0.123. The number of carbonyl (C=O) groups excluding carboxylic acids is 1. The smallest absolute Gasteiger partial charge is 0.261 e. The molecular formula is C9H12N4OS. The Morgan fingerprint density at radius 2 is 1.93 bits per heavy atom. The van der Waals surface area contributed by atoms with Gasteiger partial charge in [0, 0.05) is 0 Å². The molecule has 0 spiro atoms. The van der Waals surface area contributed by atoms with Gasteiger partial charge in [-0.3, -0.25) is 10.2 Å². The number of carbonyl (C=O) groups is 1. The van der Waals surface area contributed by atoms with Crippen molar-refractivity contribution in [2.75, 3.05) is 0 Å². The van der Waals surface area contributed by atoms with Gasteiger partial charge in [-0.05, 0) is 17.8 Å². The van der Waals surface area contributed by atoms with Crippen molar-refractivity contribution < 1.29 is 4.79 Å². The second kappa shape index (κ2) is 5.28. The minimum atomic E-state index is -0.659. The fourth-order valence-electron chi connectivity index (χ4n) is 1.17. The predicted molar refractivity (Wildman–Crippen MR) is 61.4 cm³/mol. The van der Waals surface area contributed by atoms with E-state index in [-0.39, 0.29) is 5.11 Å². The van der Waals surface area contributed by atoms with Gasteiger partial charge >= 0.3 is 0 Å². The molecule has 0 saturated carbocycles. The third-order valence-corrected chi connectivity index (χ3v) is 1.94. The molecular weight excluding hydrogens is 212 g/mol. The second-order valence-electron chi connectivity index (χ2n) is 2.86. The first-order valence-electron chi connectivity index (χ1n) is 4.26. The van der Waals surface area contributed by atoms with E-state index in [1.165, 1.54) is 0 Å². The monoisotopic (exact) mass is 224 g/mol. The fraction of sp³-hybridized carbons (Fsp3) is 0.111. The molecule has 1 aromatic rings. The van der Waals surface area contributed by atoms with Crippen molar-refractivity contribution in [1.29, 1.82) is 0 Å². The van der Waals surface area contributed by atoms with Crippen molar-refractivity contribution in [3.8, 4) is 0 Å². The highest BCUT2D eigenvalue weighted by atomic mass is 32.1. The molecule has 0 aromatic heterocycles. The van der Waals surface area contributed by atoms with Gasteiger partial charge in [0.2, 0.25) is 0 Å². The zero-order valence-electron chi connectivity index (χ0n) is 7.94. The van der Waals surface area contributed by atoms with Crippen LogP contribution in [0.25, 0.3) is 0 Å². The summed E-state index contributed by atoms with van der Waals surface area (Å²) in [5.41, 5.74) is 8.12. The van der Waals surface area contributed by atoms with E-state index in [9.17, 15) is 4.79 Å². The first-order chi connectivity index (χ1) is 7.15. The largest absolute Gasteiger partial charge is 0.376 e. The van der Waals surface area contributed by atoms with Crippen LogP contribution < -0.4 is 22.3 Å². The number of hydrogen-bond donors (Lipinski definition) is 4. The Balaban J connectivity index is 2.91. The van der Waals surface area contributed by atoms with Crippen LogP contribution in [-0.2, 0) is 4.79 Å². The average Bonchev–Trinajstić information content (AvgIpc) is 2.26. The number of benzene rings is 1. The summed E-state index contributed by atoms with van der Waals surface area (Å²) in [7, 11) is 0. The molecule has 6 heteroatoms. The third-order valence-electron chi connectivity index (χ3n) is 1.82. The molecule has 0 bridgehead atoms. The highest BCUT2D eigenvalue weighted by molar-refractivity contribution is 7.80. The molecule has 1 rings (SSSR count). The summed E-state index contributed by atoms with van der Waals surface area (Å²) in [6, 6.07) is 8.38. The summed E-state index contributed by atoms with van der Waals surface area (Å²) in [6.07, 6.45) is 0. The van der Waals surface area contributed by atoms with Crippen LogP contribution >= 0.6 is 12.2 Å². The van der Waals surface area contributed by atoms with Gasteiger partial charge in [0.15, 0.2) is 5.11 Å². The predicted octanol–water partition coefficient (Wildman–Crippen LogP) is -0.449. The molecule has 1 unspecified atom stereocenters. The van der Waals surface area contributed by atoms with Crippen molar-refractivity contribution in [1.82, 2.24) is 10.7 Å². The van der Waals surface area contributed by atoms with Crippen molar-refractivity contribution in [2.24, 2.45) is 11.6 Å². The van der Waals surface area contributed by atoms with Crippen molar-refractivity contribution in [3.05, 3.63) is 35.9 Å². The standard InChI is InChI=1S/C9H12N4OS/c10-9(15)12-7(8(14)13-11)6-4-2-1-3-5-6/h1-5,7H,11H2,(H,13,14)(H3,10,12,15). The van der Waals surface area contributed by atoms with Gasteiger partial charge in [-0.2, -0.15) is 0 Å². The lowest BCUT2D eigenvalue weighted by atomic mass is 10.1. The molecule has 0 aliphatic rings. The fourth-order valence-corrected chi connectivity index (χ4v) is 1.29. The van der Waals surface area contributed by atoms with E-state index >= 15 is 0 Å². The van der Waals surface area contributed by atoms with Gasteiger partial charge in [0.05, 0.1) is 0 Å². The Kier molecular flexibility index (Phi) is 4.02. The van der Waals surface area contributed by atoms with Crippen LogP contribution in [0.3, 0.4) is 0 Å². The third kappa shape index (κ3) is 3.19. The van der Waals surface area contributed by atoms with Crippen molar-refractivity contribution in [2.45, 2.75) is 6.04 Å². The summed E-state index contributed by atoms with van der Waals surface area (Å²) in [4.78, 5) is 11.4. The maximum Gasteiger partial charge on any atom is 0.261 e. The molecule has 0 radical (unpaired) electrons. The number of hydrogen-bond acceptors (Lipinski definition) is 3. The van der Waals surface area contributed by atoms with E-state index in [4.69, 9.17) is 11.6 Å². The van der Waals surface area contributed by atoms with E-state index in [0.717, 1.165) is 5.56 Å². The van der Waals surface area contributed by atoms with Crippen LogP contribution in [0, 0.1) is 0 Å². The first-order valence-corrected chi connectivity index (χ1v) is 4.67. The molecule has 80 valence electrons. The lowest BCUT2D eigenvalue weighted by Gasteiger charge is -2.17. The van der Waals surface area contributed by atoms with Gasteiger partial charge in [-0.1, -0.05) is 30.3 Å². The summed E-state index contributed by atoms with van der Waals surface area (Å²) in [6.45, 7) is 0. The van der Waals surface area contributed by atoms with Gasteiger partial charge < -0.3 is 11.1 Å². The Morgan fingerprint density at radius 3 is 2.40 bits per heavy atom. The molecule has 0 saturated heterocycles. The van der Waals surface area contributed by atoms with Crippen LogP contribution in [0.2, 0.25) is 0 Å². The normalized spacial score (nSPS) is 11.5. The van der Waals surface area contributed by atoms with E-state index in [2.05, 4.69) is 23.0 Å². The number of rotatable bonds is 3. The molecule has 0 heterocycles. The molecule has 6 N–H and O–H groups in total. The van der Waals surface area contributed by atoms with Crippen LogP contribution in [0.4, 0.5) is 0 Å². The summed E-state index contributed by atoms with van der Waals surface area (Å²) in [5.74, 6) is 4.67. The number of thiocarbonyl (C=S) groups is 1. The topological polar surface area (TPSA) is 93.2 Å². The molecule has 1 aromatic carbocycles. The molecule has 0 aliphatic carbocycles. The van der Waals surface area contributed by atoms with Gasteiger partial charge in [0.25, 0.3) is 5.91 Å². The number of amides is 1. The minimum Gasteiger partial charge on any atom is -0.376 e. The van der Waals surface area contributed by atoms with Gasteiger partial charge in [0.1, 0.15) is 6.04 Å². The van der Waals surface area contributed by atoms with Crippen LogP contribution in [0.5, 0.6) is 0 Å². The van der Waals surface area contributed by atoms with Gasteiger partial charge in [-0.25, -0.2) is 5.84 Å². The first kappa shape index (κ1) is 11.4. The Hall–Kier alpha value is -1.66. The number of nitrogens with two attached hydrogens (primary N) is 2. The zero-order chi connectivity index (χ0) is 11.3. The van der Waals surface area contributed by atoms with Crippen molar-refractivity contribution >= 4 is 23.2 Å². The highest BCUT2D eigenvalue weighted by Gasteiger charge is 2.19. The maximum absolute atomic E-state index is 11.4. The lowest BCUT2D eigenvalue weighted by Crippen LogP contribution is -2.44. The molecule has 15 heavy (non-hydrogen) atoms. The quantitative estimate of drug-likeness (QED) is 0.241. The summed E-state index contributed by atoms with van der Waals surface area (Å²) >= 11 is 4.68. The molecule has 1 amide bonds. The van der Waals surface area contributed by atoms with Crippen molar-refractivity contribution in [3.63, 3.8) is 0 Å². The number of hydrazine groups is 1. The van der Waals surface area contributed by atoms with E-state index in [0.29, 0.717) is 0 Å². The molecule has 5 nitrogen and oxygen atoms in total. The Labute approximate surface area is 92.8 Å². The van der Waals surface area contributed by atoms with Crippen LogP contribution in [0.15, 0.2) is 30.3 Å². The second-order valence-corrected chi connectivity index (χ2v) is 3.30. The molecule has 1 atom stereocenters. The van der Waals surface area contributed by atoms with E-state index in [1.807, 2.05) is 18.2 Å². The van der Waals surface area contributed by atoms with E-state index < -0.39 is 11.9 Å². The SMILES string of the molecule is NNC(=O)C(NC(N)=S)c1ccccc1. The van der Waals surface area contributed by atoms with Crippen LogP contribution in [0.1, 0.15) is 11.6 Å².